The van der Waals surface area contributed by atoms with Crippen molar-refractivity contribution in [3.05, 3.63) is 58.7 Å². The van der Waals surface area contributed by atoms with E-state index in [0.29, 0.717) is 5.92 Å². The first-order valence-electron chi connectivity index (χ1n) is 12.5. The maximum atomic E-state index is 9.91. The standard InChI is InChI=1S/C27H34N4O/c28-18-26(24-8-5-15-29-27(24)21-10-11-21)31-16-14-23(19-31)32-17-4-3-7-22-13-12-20-6-1-2-9-25(20)30-22/h5,8,12-13,15,21,23,26H,1-4,6-7,9-11,14,16-17,19H2/t23-,26?/m1/s1. The van der Waals surface area contributed by atoms with Gasteiger partial charge in [-0.05, 0) is 81.9 Å². The molecule has 168 valence electrons. The van der Waals surface area contributed by atoms with Crippen molar-refractivity contribution in [1.82, 2.24) is 14.9 Å². The third-order valence-electron chi connectivity index (χ3n) is 7.21. The minimum absolute atomic E-state index is 0.206. The summed E-state index contributed by atoms with van der Waals surface area (Å²) in [5, 5.41) is 9.91. The molecule has 2 aromatic rings. The number of unbranched alkanes of at least 4 members (excludes halogenated alkanes) is 1. The molecule has 5 nitrogen and oxygen atoms in total. The molecule has 0 bridgehead atoms. The molecule has 1 saturated heterocycles. The number of rotatable bonds is 9. The van der Waals surface area contributed by atoms with E-state index in [1.54, 1.807) is 0 Å². The number of likely N-dealkylation sites (tertiary alicyclic amines) is 1. The minimum Gasteiger partial charge on any atom is -0.377 e. The zero-order valence-electron chi connectivity index (χ0n) is 19.0. The van der Waals surface area contributed by atoms with Crippen LogP contribution < -0.4 is 0 Å². The summed E-state index contributed by atoms with van der Waals surface area (Å²) in [6, 6.07) is 10.9. The van der Waals surface area contributed by atoms with Crippen LogP contribution in [0.4, 0.5) is 0 Å². The van der Waals surface area contributed by atoms with Crippen LogP contribution in [0.3, 0.4) is 0 Å². The molecule has 1 aliphatic heterocycles. The Morgan fingerprint density at radius 1 is 1.12 bits per heavy atom. The molecule has 2 fully saturated rings. The van der Waals surface area contributed by atoms with Crippen molar-refractivity contribution in [1.29, 1.82) is 5.26 Å². The lowest BCUT2D eigenvalue weighted by Gasteiger charge is -2.24. The molecule has 2 aliphatic carbocycles. The number of nitrogens with zero attached hydrogens (tertiary/aromatic N) is 4. The number of fused-ring (bicyclic) bond motifs is 1. The highest BCUT2D eigenvalue weighted by Gasteiger charge is 2.34. The summed E-state index contributed by atoms with van der Waals surface area (Å²) in [5.41, 5.74) is 6.27. The van der Waals surface area contributed by atoms with Gasteiger partial charge in [-0.1, -0.05) is 12.1 Å². The van der Waals surface area contributed by atoms with E-state index in [4.69, 9.17) is 9.72 Å². The third-order valence-corrected chi connectivity index (χ3v) is 7.21. The Balaban J connectivity index is 1.06. The van der Waals surface area contributed by atoms with Crippen molar-refractivity contribution in [2.45, 2.75) is 82.3 Å². The molecule has 2 aromatic heterocycles. The van der Waals surface area contributed by atoms with Gasteiger partial charge in [0.2, 0.25) is 0 Å². The molecule has 0 amide bonds. The van der Waals surface area contributed by atoms with E-state index in [-0.39, 0.29) is 12.1 Å². The van der Waals surface area contributed by atoms with Gasteiger partial charge in [0.1, 0.15) is 6.04 Å². The van der Waals surface area contributed by atoms with Crippen molar-refractivity contribution in [3.8, 4) is 6.07 Å². The fourth-order valence-corrected chi connectivity index (χ4v) is 5.26. The van der Waals surface area contributed by atoms with E-state index in [2.05, 4.69) is 34.2 Å². The van der Waals surface area contributed by atoms with Crippen LogP contribution in [0, 0.1) is 11.3 Å². The van der Waals surface area contributed by atoms with Gasteiger partial charge in [0.25, 0.3) is 0 Å². The highest BCUT2D eigenvalue weighted by atomic mass is 16.5. The summed E-state index contributed by atoms with van der Waals surface area (Å²) < 4.78 is 6.20. The van der Waals surface area contributed by atoms with E-state index in [1.807, 2.05) is 12.3 Å². The van der Waals surface area contributed by atoms with Crippen molar-refractivity contribution in [2.75, 3.05) is 19.7 Å². The van der Waals surface area contributed by atoms with Gasteiger partial charge >= 0.3 is 0 Å². The summed E-state index contributed by atoms with van der Waals surface area (Å²) in [7, 11) is 0. The molecule has 1 saturated carbocycles. The first-order chi connectivity index (χ1) is 15.8. The fourth-order valence-electron chi connectivity index (χ4n) is 5.26. The molecule has 1 unspecified atom stereocenters. The summed E-state index contributed by atoms with van der Waals surface area (Å²) in [5.74, 6) is 0.557. The van der Waals surface area contributed by atoms with Crippen LogP contribution in [0.5, 0.6) is 0 Å². The second-order valence-electron chi connectivity index (χ2n) is 9.63. The van der Waals surface area contributed by atoms with Gasteiger partial charge in [-0.15, -0.1) is 0 Å². The van der Waals surface area contributed by atoms with Crippen LogP contribution in [-0.4, -0.2) is 40.7 Å². The molecule has 32 heavy (non-hydrogen) atoms. The lowest BCUT2D eigenvalue weighted by molar-refractivity contribution is 0.0548. The van der Waals surface area contributed by atoms with Gasteiger partial charge in [-0.3, -0.25) is 14.9 Å². The molecule has 5 rings (SSSR count). The summed E-state index contributed by atoms with van der Waals surface area (Å²) in [4.78, 5) is 11.8. The van der Waals surface area contributed by atoms with E-state index >= 15 is 0 Å². The second kappa shape index (κ2) is 10.1. The number of hydrogen-bond acceptors (Lipinski definition) is 5. The summed E-state index contributed by atoms with van der Waals surface area (Å²) in [6.07, 6.45) is 13.7. The van der Waals surface area contributed by atoms with Crippen LogP contribution in [-0.2, 0) is 24.0 Å². The van der Waals surface area contributed by atoms with E-state index in [1.165, 1.54) is 49.1 Å². The zero-order valence-corrected chi connectivity index (χ0v) is 19.0. The monoisotopic (exact) mass is 430 g/mol. The van der Waals surface area contributed by atoms with Crippen molar-refractivity contribution >= 4 is 0 Å². The maximum Gasteiger partial charge on any atom is 0.125 e. The number of aryl methyl sites for hydroxylation is 3. The van der Waals surface area contributed by atoms with Gasteiger partial charge < -0.3 is 4.74 Å². The molecule has 0 aromatic carbocycles. The first kappa shape index (κ1) is 21.6. The number of hydrogen-bond donors (Lipinski definition) is 0. The molecular weight excluding hydrogens is 396 g/mol. The van der Waals surface area contributed by atoms with Crippen LogP contribution >= 0.6 is 0 Å². The molecule has 3 aliphatic rings. The minimum atomic E-state index is -0.206. The molecule has 3 heterocycles. The van der Waals surface area contributed by atoms with Gasteiger partial charge in [0.05, 0.1) is 12.2 Å². The highest BCUT2D eigenvalue weighted by molar-refractivity contribution is 5.33. The summed E-state index contributed by atoms with van der Waals surface area (Å²) >= 11 is 0. The Kier molecular flexibility index (Phi) is 6.80. The lowest BCUT2D eigenvalue weighted by atomic mass is 9.95. The molecule has 2 atom stereocenters. The smallest absolute Gasteiger partial charge is 0.125 e. The molecule has 0 N–H and O–H groups in total. The van der Waals surface area contributed by atoms with Crippen LogP contribution in [0.1, 0.15) is 85.1 Å². The Hall–Kier alpha value is -2.29. The van der Waals surface area contributed by atoms with Crippen LogP contribution in [0.2, 0.25) is 0 Å². The topological polar surface area (TPSA) is 62.0 Å². The lowest BCUT2D eigenvalue weighted by Crippen LogP contribution is -2.28. The van der Waals surface area contributed by atoms with E-state index < -0.39 is 0 Å². The van der Waals surface area contributed by atoms with Gasteiger partial charge in [0.15, 0.2) is 0 Å². The predicted octanol–water partition coefficient (Wildman–Crippen LogP) is 4.91. The van der Waals surface area contributed by atoms with Crippen LogP contribution in [0.15, 0.2) is 30.5 Å². The second-order valence-corrected chi connectivity index (χ2v) is 9.63. The molecule has 0 spiro atoms. The molecule has 0 radical (unpaired) electrons. The van der Waals surface area contributed by atoms with Gasteiger partial charge in [0, 0.05) is 54.5 Å². The largest absolute Gasteiger partial charge is 0.377 e. The normalized spacial score (nSPS) is 21.8. The number of pyridine rings is 2. The van der Waals surface area contributed by atoms with Crippen molar-refractivity contribution in [3.63, 3.8) is 0 Å². The number of nitriles is 1. The van der Waals surface area contributed by atoms with Crippen molar-refractivity contribution in [2.24, 2.45) is 0 Å². The predicted molar refractivity (Wildman–Crippen MR) is 124 cm³/mol. The third kappa shape index (κ3) is 5.03. The Labute approximate surface area is 191 Å². The van der Waals surface area contributed by atoms with E-state index in [9.17, 15) is 5.26 Å². The van der Waals surface area contributed by atoms with Crippen molar-refractivity contribution < 1.29 is 4.74 Å². The summed E-state index contributed by atoms with van der Waals surface area (Å²) in [6.45, 7) is 2.55. The van der Waals surface area contributed by atoms with E-state index in [0.717, 1.165) is 63.1 Å². The Morgan fingerprint density at radius 2 is 2.03 bits per heavy atom. The maximum absolute atomic E-state index is 9.91. The number of aromatic nitrogens is 2. The average Bonchev–Trinajstić information content (AvgIpc) is 3.58. The molecule has 5 heteroatoms. The Morgan fingerprint density at radius 3 is 2.91 bits per heavy atom. The molecular formula is C27H34N4O. The number of ether oxygens (including phenoxy) is 1. The fraction of sp³-hybridized carbons (Fsp3) is 0.593. The zero-order chi connectivity index (χ0) is 21.8. The quantitative estimate of drug-likeness (QED) is 0.529. The van der Waals surface area contributed by atoms with Gasteiger partial charge in [-0.25, -0.2) is 0 Å². The SMILES string of the molecule is N#CC(c1cccnc1C1CC1)N1CC[C@@H](OCCCCc2ccc3c(n2)CCCC3)C1. The highest BCUT2D eigenvalue weighted by Crippen LogP contribution is 2.42. The average molecular weight is 431 g/mol. The van der Waals surface area contributed by atoms with Crippen LogP contribution in [0.25, 0.3) is 0 Å². The van der Waals surface area contributed by atoms with Gasteiger partial charge in [-0.2, -0.15) is 5.26 Å². The Bertz CT molecular complexity index is 964. The first-order valence-corrected chi connectivity index (χ1v) is 12.5.